The number of dihydropyridines is 1. The number of aliphatic hydroxyl groups is 3. The number of carboxylic acids is 1. The summed E-state index contributed by atoms with van der Waals surface area (Å²) >= 11 is 0. The first-order valence-electron chi connectivity index (χ1n) is 25.8. The second-order valence-electron chi connectivity index (χ2n) is 20.5. The molecule has 0 radical (unpaired) electrons. The largest absolute Gasteiger partial charge is 0.508 e. The molecule has 3 aromatic carbocycles. The summed E-state index contributed by atoms with van der Waals surface area (Å²) in [6, 6.07) is 25.1. The van der Waals surface area contributed by atoms with Crippen molar-refractivity contribution < 1.29 is 35.4 Å². The number of nitrogens with two attached hydrogens (primary N) is 1. The van der Waals surface area contributed by atoms with E-state index in [9.17, 15) is 35.4 Å². The van der Waals surface area contributed by atoms with Crippen LogP contribution in [0.2, 0.25) is 0 Å². The van der Waals surface area contributed by atoms with Crippen molar-refractivity contribution in [1.82, 2.24) is 15.6 Å². The number of carboxylic acid groups (broad SMARTS) is 1. The van der Waals surface area contributed by atoms with E-state index in [1.54, 1.807) is 6.07 Å². The van der Waals surface area contributed by atoms with Gasteiger partial charge in [0.1, 0.15) is 11.5 Å². The van der Waals surface area contributed by atoms with Gasteiger partial charge < -0.3 is 52.0 Å². The van der Waals surface area contributed by atoms with Crippen LogP contribution in [0.1, 0.15) is 114 Å². The van der Waals surface area contributed by atoms with E-state index in [2.05, 4.69) is 46.8 Å². The molecular weight excluding hydrogens is 865 g/mol. The predicted octanol–water partition coefficient (Wildman–Crippen LogP) is 9.74. The summed E-state index contributed by atoms with van der Waals surface area (Å²) in [5, 5.41) is 75.3. The molecule has 0 amide bonds. The Morgan fingerprint density at radius 1 is 0.913 bits per heavy atom. The number of H-pyrrole nitrogens is 1. The summed E-state index contributed by atoms with van der Waals surface area (Å²) in [5.41, 5.74) is 11.9. The van der Waals surface area contributed by atoms with Crippen LogP contribution in [0, 0.1) is 35.5 Å². The van der Waals surface area contributed by atoms with Gasteiger partial charge >= 0.3 is 5.97 Å². The van der Waals surface area contributed by atoms with E-state index in [1.807, 2.05) is 73.8 Å². The van der Waals surface area contributed by atoms with Crippen LogP contribution in [0.5, 0.6) is 11.5 Å². The van der Waals surface area contributed by atoms with Gasteiger partial charge in [-0.3, -0.25) is 4.79 Å². The van der Waals surface area contributed by atoms with E-state index in [1.165, 1.54) is 25.3 Å². The molecule has 1 aliphatic heterocycles. The molecule has 0 saturated heterocycles. The molecule has 11 N–H and O–H groups in total. The molecule has 3 aliphatic rings. The van der Waals surface area contributed by atoms with Gasteiger partial charge in [-0.05, 0) is 117 Å². The lowest BCUT2D eigenvalue weighted by Gasteiger charge is -2.40. The summed E-state index contributed by atoms with van der Waals surface area (Å²) in [5.74, 6) is -1.54. The Morgan fingerprint density at radius 3 is 2.38 bits per heavy atom. The SMILES string of the molecule is CCCCCC1C=CC(CCCCCC(C(=O)O)C(O)CC(CNC)C2(O)CC(CC3=CCNC(N)=C3)CC2Cc2cc(-c3ccccc3)c(-c3cc(O)cc(O)c3Cc3ccccc3)[nH]2)C(O)C1. The quantitative estimate of drug-likeness (QED) is 0.0225. The van der Waals surface area contributed by atoms with E-state index < -0.39 is 29.5 Å². The molecule has 69 heavy (non-hydrogen) atoms. The van der Waals surface area contributed by atoms with Crippen molar-refractivity contribution in [2.45, 2.75) is 127 Å². The number of aromatic hydroxyl groups is 2. The number of hydrogen-bond donors (Lipinski definition) is 10. The first-order chi connectivity index (χ1) is 33.3. The van der Waals surface area contributed by atoms with Crippen LogP contribution < -0.4 is 16.4 Å². The average Bonchev–Trinajstić information content (AvgIpc) is 3.89. The maximum Gasteiger partial charge on any atom is 0.309 e. The first-order valence-corrected chi connectivity index (χ1v) is 25.8. The van der Waals surface area contributed by atoms with E-state index in [-0.39, 0.29) is 41.8 Å². The number of phenols is 2. The van der Waals surface area contributed by atoms with Crippen molar-refractivity contribution in [3.63, 3.8) is 0 Å². The third-order valence-corrected chi connectivity index (χ3v) is 15.5. The first kappa shape index (κ1) is 51.5. The number of carbonyl (C=O) groups is 1. The Balaban J connectivity index is 1.12. The minimum absolute atomic E-state index is 0.00477. The zero-order valence-corrected chi connectivity index (χ0v) is 40.8. The number of hydrogen-bond acceptors (Lipinski definition) is 9. The molecule has 1 saturated carbocycles. The fourth-order valence-corrected chi connectivity index (χ4v) is 11.8. The zero-order chi connectivity index (χ0) is 48.9. The number of aromatic nitrogens is 1. The molecule has 9 atom stereocenters. The second kappa shape index (κ2) is 24.5. The molecule has 4 aromatic rings. The molecule has 1 fully saturated rings. The molecule has 2 heterocycles. The molecule has 2 aliphatic carbocycles. The monoisotopic (exact) mass is 943 g/mol. The Kier molecular flexibility index (Phi) is 18.3. The molecular formula is C58H78N4O7. The van der Waals surface area contributed by atoms with E-state index in [0.717, 1.165) is 72.2 Å². The maximum atomic E-state index is 13.3. The maximum absolute atomic E-state index is 13.3. The molecule has 0 bridgehead atoms. The molecule has 0 spiro atoms. The van der Waals surface area contributed by atoms with Crippen LogP contribution in [0.3, 0.4) is 0 Å². The number of unbranched alkanes of at least 4 members (excludes halogenated alkanes) is 4. The normalized spacial score (nSPS) is 23.8. The van der Waals surface area contributed by atoms with E-state index in [0.29, 0.717) is 74.5 Å². The molecule has 11 nitrogen and oxygen atoms in total. The van der Waals surface area contributed by atoms with Crippen LogP contribution >= 0.6 is 0 Å². The summed E-state index contributed by atoms with van der Waals surface area (Å²) in [4.78, 5) is 16.6. The highest BCUT2D eigenvalue weighted by Crippen LogP contribution is 2.50. The van der Waals surface area contributed by atoms with Crippen molar-refractivity contribution in [2.24, 2.45) is 41.2 Å². The second-order valence-corrected chi connectivity index (χ2v) is 20.5. The van der Waals surface area contributed by atoms with Crippen LogP contribution in [0.25, 0.3) is 22.4 Å². The number of aromatic amines is 1. The van der Waals surface area contributed by atoms with Crippen molar-refractivity contribution in [3.05, 3.63) is 131 Å². The molecule has 11 heteroatoms. The van der Waals surface area contributed by atoms with Crippen molar-refractivity contribution in [3.8, 4) is 33.9 Å². The number of aliphatic carboxylic acids is 1. The Labute approximate surface area is 409 Å². The van der Waals surface area contributed by atoms with Crippen LogP contribution in [-0.4, -0.2) is 79.5 Å². The Morgan fingerprint density at radius 2 is 1.67 bits per heavy atom. The van der Waals surface area contributed by atoms with Gasteiger partial charge in [-0.25, -0.2) is 0 Å². The highest BCUT2D eigenvalue weighted by Gasteiger charge is 2.51. The lowest BCUT2D eigenvalue weighted by Crippen LogP contribution is -2.48. The van der Waals surface area contributed by atoms with Gasteiger partial charge in [-0.2, -0.15) is 0 Å². The molecule has 9 unspecified atom stereocenters. The fraction of sp³-hybridized carbons (Fsp3) is 0.500. The lowest BCUT2D eigenvalue weighted by atomic mass is 9.73. The van der Waals surface area contributed by atoms with Gasteiger partial charge in [0.2, 0.25) is 0 Å². The summed E-state index contributed by atoms with van der Waals surface area (Å²) < 4.78 is 0. The summed E-state index contributed by atoms with van der Waals surface area (Å²) in [6.45, 7) is 3.22. The van der Waals surface area contributed by atoms with Crippen LogP contribution in [0.15, 0.2) is 115 Å². The van der Waals surface area contributed by atoms with Crippen molar-refractivity contribution in [2.75, 3.05) is 20.1 Å². The highest BCUT2D eigenvalue weighted by molar-refractivity contribution is 5.85. The number of phenolic OH excluding ortho intramolecular Hbond substituents is 2. The third-order valence-electron chi connectivity index (χ3n) is 15.5. The summed E-state index contributed by atoms with van der Waals surface area (Å²) in [7, 11) is 1.83. The van der Waals surface area contributed by atoms with E-state index >= 15 is 0 Å². The summed E-state index contributed by atoms with van der Waals surface area (Å²) in [6.07, 6.45) is 19.0. The van der Waals surface area contributed by atoms with Gasteiger partial charge in [0.15, 0.2) is 0 Å². The minimum Gasteiger partial charge on any atom is -0.508 e. The predicted molar refractivity (Wildman–Crippen MR) is 275 cm³/mol. The Bertz CT molecular complexity index is 2360. The fourth-order valence-electron chi connectivity index (χ4n) is 11.8. The molecule has 1 aromatic heterocycles. The van der Waals surface area contributed by atoms with Crippen molar-refractivity contribution in [1.29, 1.82) is 0 Å². The van der Waals surface area contributed by atoms with Crippen LogP contribution in [0.4, 0.5) is 0 Å². The van der Waals surface area contributed by atoms with Gasteiger partial charge in [-0.1, -0.05) is 124 Å². The number of nitrogens with one attached hydrogen (secondary N) is 3. The van der Waals surface area contributed by atoms with Gasteiger partial charge in [-0.15, -0.1) is 0 Å². The highest BCUT2D eigenvalue weighted by atomic mass is 16.4. The Hall–Kier alpha value is -5.33. The van der Waals surface area contributed by atoms with Gasteiger partial charge in [0.25, 0.3) is 0 Å². The number of aliphatic hydroxyl groups excluding tert-OH is 2. The average molecular weight is 943 g/mol. The topological polar surface area (TPSA) is 204 Å². The minimum atomic E-state index is -1.27. The number of rotatable bonds is 25. The third kappa shape index (κ3) is 13.5. The molecule has 7 rings (SSSR count). The van der Waals surface area contributed by atoms with E-state index in [4.69, 9.17) is 5.73 Å². The number of benzene rings is 3. The number of allylic oxidation sites excluding steroid dienone is 3. The molecule has 372 valence electrons. The van der Waals surface area contributed by atoms with Gasteiger partial charge in [0, 0.05) is 59.8 Å². The van der Waals surface area contributed by atoms with Crippen molar-refractivity contribution >= 4 is 5.97 Å². The lowest BCUT2D eigenvalue weighted by molar-refractivity contribution is -0.148. The van der Waals surface area contributed by atoms with Crippen LogP contribution in [-0.2, 0) is 17.6 Å². The zero-order valence-electron chi connectivity index (χ0n) is 40.8. The van der Waals surface area contributed by atoms with Gasteiger partial charge in [0.05, 0.1) is 35.2 Å². The smallest absolute Gasteiger partial charge is 0.309 e. The standard InChI is InChI=1S/C58H78N4O7/c1-3-4-8-15-39-22-23-43(52(64)29-39)20-13-7-14-21-48(57(67)68)53(65)32-45(37-60-2)58(69)36-41(26-40-24-25-61-55(59)30-40)27-44(58)31-46-33-49(42-18-11-6-12-19-42)56(62-46)51-34-47(63)35-54(66)50(51)28-38-16-9-5-10-17-38/h5-6,9-12,16-19,22-24,30,33-35,39,41,43-45,48,52-53,60-66,69H,3-4,7-8,13-15,20-21,25-29,31-32,36-37,59H2,1-2H3,(H,67,68).